The van der Waals surface area contributed by atoms with E-state index in [4.69, 9.17) is 9.84 Å². The number of aryl methyl sites for hydroxylation is 2. The molecule has 1 aliphatic rings. The second-order valence-electron chi connectivity index (χ2n) is 5.92. The number of carboxylic acids is 1. The molecule has 8 heteroatoms. The molecular weight excluding hydrogens is 330 g/mol. The van der Waals surface area contributed by atoms with Crippen LogP contribution in [0, 0.1) is 19.8 Å². The van der Waals surface area contributed by atoms with E-state index in [1.54, 1.807) is 0 Å². The van der Waals surface area contributed by atoms with E-state index in [1.165, 1.54) is 18.4 Å². The molecule has 0 amide bonds. The van der Waals surface area contributed by atoms with Crippen LogP contribution in [0.15, 0.2) is 0 Å². The number of anilines is 1. The number of nitrogens with zero attached hydrogens (tertiary/aromatic N) is 3. The lowest BCUT2D eigenvalue weighted by Crippen LogP contribution is -2.37. The molecule has 0 aliphatic carbocycles. The highest BCUT2D eigenvalue weighted by Crippen LogP contribution is 2.37. The largest absolute Gasteiger partial charge is 0.481 e. The van der Waals surface area contributed by atoms with E-state index in [0.717, 1.165) is 21.6 Å². The lowest BCUT2D eigenvalue weighted by atomic mass is 9.97. The summed E-state index contributed by atoms with van der Waals surface area (Å²) < 4.78 is 4.85. The number of piperidine rings is 1. The number of thiophene rings is 1. The van der Waals surface area contributed by atoms with Gasteiger partial charge in [-0.25, -0.2) is 14.8 Å². The third kappa shape index (κ3) is 2.82. The summed E-state index contributed by atoms with van der Waals surface area (Å²) in [7, 11) is 1.36. The van der Waals surface area contributed by atoms with Crippen LogP contribution in [0.4, 0.5) is 5.82 Å². The molecule has 2 aromatic rings. The van der Waals surface area contributed by atoms with Gasteiger partial charge in [0, 0.05) is 13.1 Å². The first kappa shape index (κ1) is 16.6. The van der Waals surface area contributed by atoms with Crippen LogP contribution in [0.25, 0.3) is 10.2 Å². The minimum absolute atomic E-state index is 0.297. The van der Waals surface area contributed by atoms with E-state index in [1.807, 2.05) is 13.8 Å². The van der Waals surface area contributed by atoms with E-state index < -0.39 is 5.97 Å². The number of aliphatic carboxylic acids is 1. The van der Waals surface area contributed by atoms with Gasteiger partial charge in [-0.15, -0.1) is 11.3 Å². The molecule has 1 fully saturated rings. The van der Waals surface area contributed by atoms with Gasteiger partial charge in [-0.2, -0.15) is 0 Å². The summed E-state index contributed by atoms with van der Waals surface area (Å²) in [5, 5.41) is 10.0. The first-order chi connectivity index (χ1) is 11.4. The number of hydrogen-bond donors (Lipinski definition) is 1. The van der Waals surface area contributed by atoms with Gasteiger partial charge >= 0.3 is 11.9 Å². The number of fused-ring (bicyclic) bond motifs is 1. The van der Waals surface area contributed by atoms with Gasteiger partial charge in [0.05, 0.1) is 18.4 Å². The van der Waals surface area contributed by atoms with Crippen molar-refractivity contribution in [3.05, 3.63) is 16.3 Å². The highest BCUT2D eigenvalue weighted by atomic mass is 32.1. The molecule has 7 nitrogen and oxygen atoms in total. The molecule has 0 bridgehead atoms. The minimum atomic E-state index is -0.738. The minimum Gasteiger partial charge on any atom is -0.481 e. The van der Waals surface area contributed by atoms with Crippen molar-refractivity contribution in [3.8, 4) is 0 Å². The highest BCUT2D eigenvalue weighted by Gasteiger charge is 2.28. The van der Waals surface area contributed by atoms with Crippen LogP contribution in [-0.4, -0.2) is 47.2 Å². The van der Waals surface area contributed by atoms with Crippen molar-refractivity contribution in [2.24, 2.45) is 5.92 Å². The zero-order valence-corrected chi connectivity index (χ0v) is 14.6. The predicted octanol–water partition coefficient (Wildman–Crippen LogP) is 2.40. The Labute approximate surface area is 143 Å². The second kappa shape index (κ2) is 6.35. The lowest BCUT2D eigenvalue weighted by molar-refractivity contribution is -0.142. The van der Waals surface area contributed by atoms with Crippen molar-refractivity contribution in [1.29, 1.82) is 0 Å². The monoisotopic (exact) mass is 349 g/mol. The van der Waals surface area contributed by atoms with Crippen molar-refractivity contribution in [1.82, 2.24) is 9.97 Å². The summed E-state index contributed by atoms with van der Waals surface area (Å²) in [5.74, 6) is 0.0108. The maximum atomic E-state index is 12.0. The van der Waals surface area contributed by atoms with Crippen molar-refractivity contribution < 1.29 is 19.4 Å². The molecule has 2 aromatic heterocycles. The summed E-state index contributed by atoms with van der Waals surface area (Å²) in [4.78, 5) is 35.5. The Morgan fingerprint density at radius 1 is 1.25 bits per heavy atom. The molecule has 24 heavy (non-hydrogen) atoms. The van der Waals surface area contributed by atoms with Gasteiger partial charge in [0.25, 0.3) is 0 Å². The van der Waals surface area contributed by atoms with E-state index in [0.29, 0.717) is 36.6 Å². The smallest absolute Gasteiger partial charge is 0.348 e. The average Bonchev–Trinajstić information content (AvgIpc) is 2.90. The molecular formula is C16H19N3O4S. The molecule has 0 spiro atoms. The fourth-order valence-corrected chi connectivity index (χ4v) is 4.22. The van der Waals surface area contributed by atoms with Crippen LogP contribution in [0.3, 0.4) is 0 Å². The van der Waals surface area contributed by atoms with E-state index in [-0.39, 0.29) is 11.9 Å². The number of carbonyl (C=O) groups is 2. The van der Waals surface area contributed by atoms with E-state index in [2.05, 4.69) is 14.9 Å². The number of methoxy groups -OCH3 is 1. The molecule has 3 heterocycles. The Balaban J connectivity index is 2.03. The highest BCUT2D eigenvalue weighted by molar-refractivity contribution is 7.20. The van der Waals surface area contributed by atoms with Gasteiger partial charge in [0.15, 0.2) is 0 Å². The maximum absolute atomic E-state index is 12.0. The molecule has 1 N–H and O–H groups in total. The number of rotatable bonds is 3. The van der Waals surface area contributed by atoms with Crippen LogP contribution in [0.2, 0.25) is 0 Å². The Bertz CT molecular complexity index is 809. The summed E-state index contributed by atoms with van der Waals surface area (Å²) in [6.45, 7) is 4.95. The molecule has 3 rings (SSSR count). The quantitative estimate of drug-likeness (QED) is 0.851. The van der Waals surface area contributed by atoms with Gasteiger partial charge in [0.1, 0.15) is 21.3 Å². The summed E-state index contributed by atoms with van der Waals surface area (Å²) >= 11 is 1.31. The predicted molar refractivity (Wildman–Crippen MR) is 90.8 cm³/mol. The maximum Gasteiger partial charge on any atom is 0.348 e. The lowest BCUT2D eigenvalue weighted by Gasteiger charge is -2.31. The summed E-state index contributed by atoms with van der Waals surface area (Å²) in [5.41, 5.74) is 0.817. The first-order valence-corrected chi connectivity index (χ1v) is 8.57. The zero-order valence-electron chi connectivity index (χ0n) is 13.8. The molecule has 0 unspecified atom stereocenters. The molecule has 0 aromatic carbocycles. The number of aromatic nitrogens is 2. The average molecular weight is 349 g/mol. The molecule has 1 saturated heterocycles. The van der Waals surface area contributed by atoms with Crippen LogP contribution >= 0.6 is 11.3 Å². The molecule has 1 aliphatic heterocycles. The standard InChI is InChI=1S/C16H19N3O4S/c1-8-11-13(19-6-4-10(5-7-19)15(20)21)17-9(2)18-14(11)24-12(8)16(22)23-3/h10H,4-7H2,1-3H3,(H,20,21). The summed E-state index contributed by atoms with van der Waals surface area (Å²) in [6.07, 6.45) is 1.18. The van der Waals surface area contributed by atoms with E-state index >= 15 is 0 Å². The van der Waals surface area contributed by atoms with Crippen molar-refractivity contribution in [2.45, 2.75) is 26.7 Å². The second-order valence-corrected chi connectivity index (χ2v) is 6.92. The van der Waals surface area contributed by atoms with Gasteiger partial charge < -0.3 is 14.7 Å². The third-order valence-electron chi connectivity index (χ3n) is 4.40. The van der Waals surface area contributed by atoms with Gasteiger partial charge in [-0.3, -0.25) is 4.79 Å². The fourth-order valence-electron chi connectivity index (χ4n) is 3.08. The van der Waals surface area contributed by atoms with Crippen LogP contribution < -0.4 is 4.90 Å². The van der Waals surface area contributed by atoms with Crippen LogP contribution in [0.1, 0.15) is 33.9 Å². The number of carbonyl (C=O) groups excluding carboxylic acids is 1. The Morgan fingerprint density at radius 3 is 2.50 bits per heavy atom. The number of esters is 1. The van der Waals surface area contributed by atoms with Gasteiger partial charge in [-0.05, 0) is 32.3 Å². The topological polar surface area (TPSA) is 92.6 Å². The molecule has 0 saturated carbocycles. The third-order valence-corrected chi connectivity index (χ3v) is 5.56. The van der Waals surface area contributed by atoms with Crippen molar-refractivity contribution in [3.63, 3.8) is 0 Å². The SMILES string of the molecule is COC(=O)c1sc2nc(C)nc(N3CCC(C(=O)O)CC3)c2c1C. The van der Waals surface area contributed by atoms with Crippen molar-refractivity contribution in [2.75, 3.05) is 25.1 Å². The number of carboxylic acid groups (broad SMARTS) is 1. The van der Waals surface area contributed by atoms with Crippen LogP contribution in [-0.2, 0) is 9.53 Å². The fraction of sp³-hybridized carbons (Fsp3) is 0.500. The Morgan fingerprint density at radius 2 is 1.92 bits per heavy atom. The van der Waals surface area contributed by atoms with Gasteiger partial charge in [0.2, 0.25) is 0 Å². The summed E-state index contributed by atoms with van der Waals surface area (Å²) in [6, 6.07) is 0. The first-order valence-electron chi connectivity index (χ1n) is 7.76. The zero-order chi connectivity index (χ0) is 17.4. The normalized spacial score (nSPS) is 15.7. The van der Waals surface area contributed by atoms with Gasteiger partial charge in [-0.1, -0.05) is 0 Å². The van der Waals surface area contributed by atoms with Crippen molar-refractivity contribution >= 4 is 39.3 Å². The number of hydrogen-bond acceptors (Lipinski definition) is 7. The molecule has 0 atom stereocenters. The van der Waals surface area contributed by atoms with E-state index in [9.17, 15) is 9.59 Å². The molecule has 128 valence electrons. The Hall–Kier alpha value is -2.22. The van der Waals surface area contributed by atoms with Crippen LogP contribution in [0.5, 0.6) is 0 Å². The Kier molecular flexibility index (Phi) is 4.40. The number of ether oxygens (including phenoxy) is 1. The molecule has 0 radical (unpaired) electrons.